The molecule has 1 aliphatic heterocycles. The van der Waals surface area contributed by atoms with Crippen molar-refractivity contribution in [2.24, 2.45) is 12.8 Å². The van der Waals surface area contributed by atoms with Gasteiger partial charge in [-0.1, -0.05) is 6.07 Å². The summed E-state index contributed by atoms with van der Waals surface area (Å²) in [4.78, 5) is 4.77. The number of nitrogens with zero attached hydrogens (tertiary/aromatic N) is 2. The van der Waals surface area contributed by atoms with Crippen LogP contribution in [0.25, 0.3) is 11.0 Å². The minimum atomic E-state index is 0.578. The molecule has 1 aromatic carbocycles. The fourth-order valence-electron chi connectivity index (χ4n) is 2.45. The minimum Gasteiger partial charge on any atom is -0.330 e. The van der Waals surface area contributed by atoms with Crippen LogP contribution in [0.5, 0.6) is 0 Å². The monoisotopic (exact) mass is 247 g/mol. The number of hydrogen-bond donors (Lipinski definition) is 1. The van der Waals surface area contributed by atoms with E-state index >= 15 is 0 Å². The van der Waals surface area contributed by atoms with Crippen LogP contribution in [0.1, 0.15) is 29.5 Å². The molecule has 2 N–H and O–H groups in total. The molecule has 1 saturated heterocycles. The predicted molar refractivity (Wildman–Crippen MR) is 73.0 cm³/mol. The first-order valence-electron chi connectivity index (χ1n) is 6.06. The van der Waals surface area contributed by atoms with Crippen molar-refractivity contribution in [2.75, 3.05) is 5.75 Å². The van der Waals surface area contributed by atoms with E-state index in [0.29, 0.717) is 11.8 Å². The molecule has 2 aromatic rings. The van der Waals surface area contributed by atoms with Crippen LogP contribution < -0.4 is 5.73 Å². The van der Waals surface area contributed by atoms with Crippen LogP contribution in [0, 0.1) is 0 Å². The molecule has 0 amide bonds. The van der Waals surface area contributed by atoms with Crippen LogP contribution in [0.4, 0.5) is 0 Å². The molecule has 90 valence electrons. The molecule has 4 heteroatoms. The van der Waals surface area contributed by atoms with Gasteiger partial charge in [-0.3, -0.25) is 0 Å². The summed E-state index contributed by atoms with van der Waals surface area (Å²) < 4.78 is 2.23. The molecule has 2 heterocycles. The fraction of sp³-hybridized carbons (Fsp3) is 0.462. The first-order valence-corrected chi connectivity index (χ1v) is 7.11. The molecular formula is C13H17N3S. The summed E-state index contributed by atoms with van der Waals surface area (Å²) in [6, 6.07) is 6.31. The molecule has 1 fully saturated rings. The van der Waals surface area contributed by atoms with Crippen molar-refractivity contribution in [1.29, 1.82) is 0 Å². The highest BCUT2D eigenvalue weighted by Gasteiger charge is 2.22. The van der Waals surface area contributed by atoms with Gasteiger partial charge in [-0.2, -0.15) is 11.8 Å². The molecule has 0 aliphatic carbocycles. The highest BCUT2D eigenvalue weighted by molar-refractivity contribution is 7.99. The SMILES string of the molecule is Cn1c(C2CCCS2)nc2ccc(CN)cc21. The Bertz CT molecular complexity index is 541. The van der Waals surface area contributed by atoms with Crippen LogP contribution in [0.15, 0.2) is 18.2 Å². The number of aryl methyl sites for hydroxylation is 1. The van der Waals surface area contributed by atoms with Crippen molar-refractivity contribution in [3.63, 3.8) is 0 Å². The average Bonchev–Trinajstić information content (AvgIpc) is 2.97. The summed E-state index contributed by atoms with van der Waals surface area (Å²) in [5.74, 6) is 2.48. The lowest BCUT2D eigenvalue weighted by atomic mass is 10.2. The highest BCUT2D eigenvalue weighted by atomic mass is 32.2. The van der Waals surface area contributed by atoms with Gasteiger partial charge in [0.25, 0.3) is 0 Å². The smallest absolute Gasteiger partial charge is 0.122 e. The Labute approximate surface area is 105 Å². The van der Waals surface area contributed by atoms with Crippen LogP contribution in [-0.2, 0) is 13.6 Å². The van der Waals surface area contributed by atoms with Gasteiger partial charge in [0, 0.05) is 13.6 Å². The fourth-order valence-corrected chi connectivity index (χ4v) is 3.76. The molecule has 1 unspecified atom stereocenters. The van der Waals surface area contributed by atoms with Crippen LogP contribution in [0.2, 0.25) is 0 Å². The summed E-state index contributed by atoms with van der Waals surface area (Å²) >= 11 is 2.03. The van der Waals surface area contributed by atoms with Gasteiger partial charge < -0.3 is 10.3 Å². The molecule has 3 nitrogen and oxygen atoms in total. The van der Waals surface area contributed by atoms with Crippen molar-refractivity contribution in [1.82, 2.24) is 9.55 Å². The third kappa shape index (κ3) is 1.85. The van der Waals surface area contributed by atoms with E-state index in [1.165, 1.54) is 35.5 Å². The number of imidazole rings is 1. The molecular weight excluding hydrogens is 230 g/mol. The number of thioether (sulfide) groups is 1. The zero-order valence-electron chi connectivity index (χ0n) is 10.0. The van der Waals surface area contributed by atoms with Crippen molar-refractivity contribution in [3.8, 4) is 0 Å². The summed E-state index contributed by atoms with van der Waals surface area (Å²) in [7, 11) is 2.11. The van der Waals surface area contributed by atoms with Gasteiger partial charge in [0.1, 0.15) is 5.82 Å². The van der Waals surface area contributed by atoms with Crippen molar-refractivity contribution in [2.45, 2.75) is 24.6 Å². The van der Waals surface area contributed by atoms with E-state index < -0.39 is 0 Å². The first kappa shape index (κ1) is 11.1. The lowest BCUT2D eigenvalue weighted by Gasteiger charge is -2.08. The molecule has 0 spiro atoms. The third-order valence-corrected chi connectivity index (χ3v) is 4.81. The van der Waals surface area contributed by atoms with Crippen LogP contribution >= 0.6 is 11.8 Å². The van der Waals surface area contributed by atoms with Crippen molar-refractivity contribution < 1.29 is 0 Å². The Morgan fingerprint density at radius 1 is 1.53 bits per heavy atom. The lowest BCUT2D eigenvalue weighted by molar-refractivity contribution is 0.737. The molecule has 1 atom stereocenters. The number of rotatable bonds is 2. The Kier molecular flexibility index (Phi) is 2.84. The molecule has 3 rings (SSSR count). The summed E-state index contributed by atoms with van der Waals surface area (Å²) in [5.41, 5.74) is 9.15. The highest BCUT2D eigenvalue weighted by Crippen LogP contribution is 2.40. The Morgan fingerprint density at radius 3 is 3.12 bits per heavy atom. The van der Waals surface area contributed by atoms with E-state index in [1.807, 2.05) is 11.8 Å². The lowest BCUT2D eigenvalue weighted by Crippen LogP contribution is -2.01. The number of benzene rings is 1. The summed E-state index contributed by atoms with van der Waals surface area (Å²) in [5, 5.41) is 0.578. The molecule has 0 bridgehead atoms. The van der Waals surface area contributed by atoms with Gasteiger partial charge in [-0.05, 0) is 36.3 Å². The van der Waals surface area contributed by atoms with Gasteiger partial charge in [-0.25, -0.2) is 4.98 Å². The van der Waals surface area contributed by atoms with Crippen LogP contribution in [0.3, 0.4) is 0 Å². The van der Waals surface area contributed by atoms with Crippen molar-refractivity contribution in [3.05, 3.63) is 29.6 Å². The van der Waals surface area contributed by atoms with E-state index in [1.54, 1.807) is 0 Å². The second-order valence-corrected chi connectivity index (χ2v) is 5.87. The maximum absolute atomic E-state index is 5.69. The maximum atomic E-state index is 5.69. The maximum Gasteiger partial charge on any atom is 0.122 e. The quantitative estimate of drug-likeness (QED) is 0.887. The normalized spacial score (nSPS) is 20.2. The van der Waals surface area contributed by atoms with Gasteiger partial charge >= 0.3 is 0 Å². The Balaban J connectivity index is 2.11. The summed E-state index contributed by atoms with van der Waals surface area (Å²) in [6.07, 6.45) is 2.57. The van der Waals surface area contributed by atoms with Crippen molar-refractivity contribution >= 4 is 22.8 Å². The molecule has 0 radical (unpaired) electrons. The Morgan fingerprint density at radius 2 is 2.41 bits per heavy atom. The van der Waals surface area contributed by atoms with E-state index in [0.717, 1.165) is 5.52 Å². The minimum absolute atomic E-state index is 0.578. The summed E-state index contributed by atoms with van der Waals surface area (Å²) in [6.45, 7) is 0.592. The second kappa shape index (κ2) is 4.35. The number of fused-ring (bicyclic) bond motifs is 1. The van der Waals surface area contributed by atoms with Gasteiger partial charge in [0.05, 0.1) is 16.3 Å². The number of aromatic nitrogens is 2. The topological polar surface area (TPSA) is 43.8 Å². The molecule has 0 saturated carbocycles. The third-order valence-electron chi connectivity index (χ3n) is 3.43. The molecule has 1 aromatic heterocycles. The predicted octanol–water partition coefficient (Wildman–Crippen LogP) is 2.60. The van der Waals surface area contributed by atoms with Crippen LogP contribution in [-0.4, -0.2) is 15.3 Å². The molecule has 1 aliphatic rings. The largest absolute Gasteiger partial charge is 0.330 e. The second-order valence-electron chi connectivity index (χ2n) is 4.56. The van der Waals surface area contributed by atoms with E-state index in [-0.39, 0.29) is 0 Å². The van der Waals surface area contributed by atoms with E-state index in [4.69, 9.17) is 10.7 Å². The first-order chi connectivity index (χ1) is 8.29. The van der Waals surface area contributed by atoms with Gasteiger partial charge in [-0.15, -0.1) is 0 Å². The molecule has 17 heavy (non-hydrogen) atoms. The Hall–Kier alpha value is -1.00. The van der Waals surface area contributed by atoms with E-state index in [9.17, 15) is 0 Å². The van der Waals surface area contributed by atoms with Gasteiger partial charge in [0.15, 0.2) is 0 Å². The van der Waals surface area contributed by atoms with Gasteiger partial charge in [0.2, 0.25) is 0 Å². The number of nitrogens with two attached hydrogens (primary N) is 1. The average molecular weight is 247 g/mol. The zero-order valence-corrected chi connectivity index (χ0v) is 10.8. The number of hydrogen-bond acceptors (Lipinski definition) is 3. The van der Waals surface area contributed by atoms with E-state index in [2.05, 4.69) is 29.8 Å². The zero-order chi connectivity index (χ0) is 11.8. The standard InChI is InChI=1S/C13H17N3S/c1-16-11-7-9(8-14)4-5-10(11)15-13(16)12-3-2-6-17-12/h4-5,7,12H,2-3,6,8,14H2,1H3.